The Morgan fingerprint density at radius 1 is 1.44 bits per heavy atom. The minimum absolute atomic E-state index is 0.00466. The predicted molar refractivity (Wildman–Crippen MR) is 58.0 cm³/mol. The minimum Gasteiger partial charge on any atom is -0.409 e. The molecule has 8 heteroatoms. The summed E-state index contributed by atoms with van der Waals surface area (Å²) >= 11 is 0. The lowest BCUT2D eigenvalue weighted by Gasteiger charge is -2.02. The summed E-state index contributed by atoms with van der Waals surface area (Å²) in [6.45, 7) is -0.00466. The number of benzene rings is 1. The molecular formula is C10H9F2N5O. The molecule has 1 aromatic carbocycles. The normalized spacial score (nSPS) is 11.8. The number of amidine groups is 1. The van der Waals surface area contributed by atoms with Crippen molar-refractivity contribution in [1.82, 2.24) is 14.8 Å². The van der Waals surface area contributed by atoms with Gasteiger partial charge in [0.2, 0.25) is 11.7 Å². The molecule has 0 radical (unpaired) electrons. The van der Waals surface area contributed by atoms with E-state index in [-0.39, 0.29) is 23.8 Å². The van der Waals surface area contributed by atoms with E-state index < -0.39 is 11.6 Å². The zero-order valence-corrected chi connectivity index (χ0v) is 9.09. The Labute approximate surface area is 100 Å². The molecule has 0 aliphatic heterocycles. The second-order valence-electron chi connectivity index (χ2n) is 3.49. The van der Waals surface area contributed by atoms with E-state index in [0.717, 1.165) is 18.2 Å². The van der Waals surface area contributed by atoms with Gasteiger partial charge in [-0.3, -0.25) is 0 Å². The third-order valence-corrected chi connectivity index (χ3v) is 2.21. The van der Waals surface area contributed by atoms with E-state index in [1.807, 2.05) is 0 Å². The van der Waals surface area contributed by atoms with E-state index in [9.17, 15) is 8.78 Å². The van der Waals surface area contributed by atoms with Crippen molar-refractivity contribution in [3.8, 4) is 0 Å². The maximum absolute atomic E-state index is 13.4. The molecule has 0 aliphatic rings. The summed E-state index contributed by atoms with van der Waals surface area (Å²) in [6.07, 6.45) is 1.28. The van der Waals surface area contributed by atoms with Gasteiger partial charge >= 0.3 is 0 Å². The molecule has 0 fully saturated rings. The molecule has 0 bridgehead atoms. The zero-order chi connectivity index (χ0) is 13.1. The van der Waals surface area contributed by atoms with E-state index in [4.69, 9.17) is 10.9 Å². The average Bonchev–Trinajstić information content (AvgIpc) is 2.81. The minimum atomic E-state index is -0.544. The van der Waals surface area contributed by atoms with Crippen molar-refractivity contribution < 1.29 is 14.0 Å². The molecule has 18 heavy (non-hydrogen) atoms. The summed E-state index contributed by atoms with van der Waals surface area (Å²) in [6, 6.07) is 3.13. The van der Waals surface area contributed by atoms with Gasteiger partial charge in [0.05, 0.1) is 6.54 Å². The maximum atomic E-state index is 13.4. The molecule has 3 N–H and O–H groups in total. The Morgan fingerprint density at radius 3 is 2.94 bits per heavy atom. The van der Waals surface area contributed by atoms with Crippen LogP contribution in [0.25, 0.3) is 0 Å². The van der Waals surface area contributed by atoms with Crippen LogP contribution in [0.1, 0.15) is 11.4 Å². The molecule has 0 amide bonds. The van der Waals surface area contributed by atoms with Crippen molar-refractivity contribution in [2.24, 2.45) is 10.9 Å². The van der Waals surface area contributed by atoms with E-state index >= 15 is 0 Å². The van der Waals surface area contributed by atoms with Crippen molar-refractivity contribution in [2.45, 2.75) is 6.54 Å². The number of hydrogen-bond acceptors (Lipinski definition) is 4. The van der Waals surface area contributed by atoms with E-state index in [1.165, 1.54) is 11.0 Å². The highest BCUT2D eigenvalue weighted by atomic mass is 19.1. The van der Waals surface area contributed by atoms with Crippen molar-refractivity contribution >= 4 is 5.84 Å². The van der Waals surface area contributed by atoms with Crippen LogP contribution in [0.15, 0.2) is 29.7 Å². The number of rotatable bonds is 3. The smallest absolute Gasteiger partial charge is 0.219 e. The molecule has 0 atom stereocenters. The number of oxime groups is 1. The Bertz CT molecular complexity index is 596. The summed E-state index contributed by atoms with van der Waals surface area (Å²) in [4.78, 5) is 3.76. The summed E-state index contributed by atoms with van der Waals surface area (Å²) in [5.74, 6) is -1.33. The van der Waals surface area contributed by atoms with Crippen molar-refractivity contribution in [1.29, 1.82) is 0 Å². The molecule has 6 nitrogen and oxygen atoms in total. The highest BCUT2D eigenvalue weighted by molar-refractivity contribution is 5.93. The van der Waals surface area contributed by atoms with Crippen LogP contribution >= 0.6 is 0 Å². The Kier molecular flexibility index (Phi) is 3.18. The Hall–Kier alpha value is -2.51. The average molecular weight is 253 g/mol. The predicted octanol–water partition coefficient (Wildman–Crippen LogP) is 0.699. The van der Waals surface area contributed by atoms with Gasteiger partial charge in [0.25, 0.3) is 0 Å². The second-order valence-corrected chi connectivity index (χ2v) is 3.49. The first-order chi connectivity index (χ1) is 8.60. The van der Waals surface area contributed by atoms with Crippen molar-refractivity contribution in [3.05, 3.63) is 47.5 Å². The van der Waals surface area contributed by atoms with Crippen LogP contribution in [0.5, 0.6) is 0 Å². The lowest BCUT2D eigenvalue weighted by atomic mass is 10.2. The summed E-state index contributed by atoms with van der Waals surface area (Å²) in [7, 11) is 0. The van der Waals surface area contributed by atoms with Crippen LogP contribution in [-0.4, -0.2) is 25.8 Å². The Balaban J connectivity index is 2.24. The molecule has 0 spiro atoms. The Morgan fingerprint density at radius 2 is 2.22 bits per heavy atom. The van der Waals surface area contributed by atoms with E-state index in [0.29, 0.717) is 0 Å². The number of aromatic nitrogens is 3. The third kappa shape index (κ3) is 2.42. The van der Waals surface area contributed by atoms with Gasteiger partial charge in [-0.15, -0.1) is 5.10 Å². The number of nitrogens with zero attached hydrogens (tertiary/aromatic N) is 4. The van der Waals surface area contributed by atoms with Gasteiger partial charge in [-0.25, -0.2) is 18.4 Å². The van der Waals surface area contributed by atoms with E-state index in [2.05, 4.69) is 15.2 Å². The first kappa shape index (κ1) is 12.0. The van der Waals surface area contributed by atoms with Crippen molar-refractivity contribution in [2.75, 3.05) is 0 Å². The largest absolute Gasteiger partial charge is 0.409 e. The summed E-state index contributed by atoms with van der Waals surface area (Å²) < 4.78 is 27.6. The second kappa shape index (κ2) is 4.78. The molecule has 0 unspecified atom stereocenters. The molecule has 2 rings (SSSR count). The van der Waals surface area contributed by atoms with Crippen LogP contribution < -0.4 is 5.73 Å². The third-order valence-electron chi connectivity index (χ3n) is 2.21. The zero-order valence-electron chi connectivity index (χ0n) is 9.09. The number of hydrogen-bond donors (Lipinski definition) is 2. The standard InChI is InChI=1S/C10H9F2N5O/c11-7-1-2-8(12)6(3-7)4-17-5-14-10(15-17)9(13)16-18/h1-3,5,18H,4H2,(H2,13,16). The van der Waals surface area contributed by atoms with Gasteiger partial charge in [-0.2, -0.15) is 0 Å². The molecule has 0 aliphatic carbocycles. The molecule has 1 heterocycles. The van der Waals surface area contributed by atoms with Crippen LogP contribution in [-0.2, 0) is 6.54 Å². The molecular weight excluding hydrogens is 244 g/mol. The molecule has 94 valence electrons. The van der Waals surface area contributed by atoms with Crippen LogP contribution in [0.4, 0.5) is 8.78 Å². The quantitative estimate of drug-likeness (QED) is 0.364. The fourth-order valence-electron chi connectivity index (χ4n) is 1.37. The monoisotopic (exact) mass is 253 g/mol. The fraction of sp³-hybridized carbons (Fsp3) is 0.100. The summed E-state index contributed by atoms with van der Waals surface area (Å²) in [5, 5.41) is 15.0. The van der Waals surface area contributed by atoms with Gasteiger partial charge in [0.1, 0.15) is 18.0 Å². The number of halogens is 2. The number of nitrogens with two attached hydrogens (primary N) is 1. The lowest BCUT2D eigenvalue weighted by molar-refractivity contribution is 0.318. The first-order valence-corrected chi connectivity index (χ1v) is 4.91. The van der Waals surface area contributed by atoms with Gasteiger partial charge in [-0.1, -0.05) is 5.16 Å². The van der Waals surface area contributed by atoms with Crippen LogP contribution in [0, 0.1) is 11.6 Å². The van der Waals surface area contributed by atoms with Gasteiger partial charge in [0, 0.05) is 5.56 Å². The lowest BCUT2D eigenvalue weighted by Crippen LogP contribution is -2.15. The highest BCUT2D eigenvalue weighted by Crippen LogP contribution is 2.10. The summed E-state index contributed by atoms with van der Waals surface area (Å²) in [5.41, 5.74) is 5.41. The molecule has 0 saturated heterocycles. The molecule has 2 aromatic rings. The maximum Gasteiger partial charge on any atom is 0.219 e. The van der Waals surface area contributed by atoms with Crippen molar-refractivity contribution in [3.63, 3.8) is 0 Å². The first-order valence-electron chi connectivity index (χ1n) is 4.91. The molecule has 0 saturated carbocycles. The van der Waals surface area contributed by atoms with Crippen LogP contribution in [0.3, 0.4) is 0 Å². The topological polar surface area (TPSA) is 89.3 Å². The van der Waals surface area contributed by atoms with Gasteiger partial charge < -0.3 is 10.9 Å². The fourth-order valence-corrected chi connectivity index (χ4v) is 1.37. The molecule has 1 aromatic heterocycles. The van der Waals surface area contributed by atoms with Gasteiger partial charge in [0.15, 0.2) is 0 Å². The van der Waals surface area contributed by atoms with Crippen LogP contribution in [0.2, 0.25) is 0 Å². The highest BCUT2D eigenvalue weighted by Gasteiger charge is 2.09. The SMILES string of the molecule is NC(=NO)c1ncn(Cc2cc(F)ccc2F)n1. The van der Waals surface area contributed by atoms with Gasteiger partial charge in [-0.05, 0) is 18.2 Å². The van der Waals surface area contributed by atoms with E-state index in [1.54, 1.807) is 0 Å².